The standard InChI is InChI=1S/C11H16BrFN2O3S/c1-7(6-18-3)15(2)19(16,17)10-5-8(14)4-9(12)11(10)13/h4-5,7H,6,14H2,1-3H3. The molecule has 108 valence electrons. The Morgan fingerprint density at radius 1 is 1.53 bits per heavy atom. The molecule has 0 aliphatic heterocycles. The molecule has 0 amide bonds. The van der Waals surface area contributed by atoms with E-state index in [1.165, 1.54) is 20.2 Å². The van der Waals surface area contributed by atoms with Gasteiger partial charge in [-0.1, -0.05) is 0 Å². The summed E-state index contributed by atoms with van der Waals surface area (Å²) < 4.78 is 44.6. The fourth-order valence-electron chi connectivity index (χ4n) is 1.51. The van der Waals surface area contributed by atoms with Crippen molar-refractivity contribution in [2.45, 2.75) is 17.9 Å². The van der Waals surface area contributed by atoms with Crippen LogP contribution >= 0.6 is 15.9 Å². The number of hydrogen-bond donors (Lipinski definition) is 1. The minimum Gasteiger partial charge on any atom is -0.399 e. The number of anilines is 1. The van der Waals surface area contributed by atoms with Gasteiger partial charge in [-0.05, 0) is 35.0 Å². The molecule has 0 bridgehead atoms. The van der Waals surface area contributed by atoms with Crippen LogP contribution in [0.3, 0.4) is 0 Å². The molecular formula is C11H16BrFN2O3S. The molecule has 0 saturated carbocycles. The van der Waals surface area contributed by atoms with Crippen LogP contribution in [0.5, 0.6) is 0 Å². The van der Waals surface area contributed by atoms with Crippen LogP contribution in [-0.2, 0) is 14.8 Å². The van der Waals surface area contributed by atoms with E-state index in [2.05, 4.69) is 15.9 Å². The zero-order valence-corrected chi connectivity index (χ0v) is 13.3. The lowest BCUT2D eigenvalue weighted by Gasteiger charge is -2.24. The average Bonchev–Trinajstić information content (AvgIpc) is 2.32. The SMILES string of the molecule is COCC(C)N(C)S(=O)(=O)c1cc(N)cc(Br)c1F. The van der Waals surface area contributed by atoms with Crippen LogP contribution < -0.4 is 5.73 Å². The number of halogens is 2. The van der Waals surface area contributed by atoms with Gasteiger partial charge in [-0.25, -0.2) is 12.8 Å². The first-order valence-corrected chi connectivity index (χ1v) is 7.66. The third kappa shape index (κ3) is 3.44. The lowest BCUT2D eigenvalue weighted by Crippen LogP contribution is -2.38. The number of nitrogens with two attached hydrogens (primary N) is 1. The summed E-state index contributed by atoms with van der Waals surface area (Å²) in [5.41, 5.74) is 5.72. The Balaban J connectivity index is 3.28. The first-order chi connectivity index (χ1) is 8.71. The van der Waals surface area contributed by atoms with E-state index in [0.717, 1.165) is 10.4 Å². The average molecular weight is 355 g/mol. The van der Waals surface area contributed by atoms with E-state index in [1.807, 2.05) is 0 Å². The molecule has 0 heterocycles. The Hall–Kier alpha value is -0.700. The summed E-state index contributed by atoms with van der Waals surface area (Å²) in [5, 5.41) is 0. The second kappa shape index (κ2) is 6.17. The van der Waals surface area contributed by atoms with Gasteiger partial charge in [-0.3, -0.25) is 0 Å². The van der Waals surface area contributed by atoms with Crippen LogP contribution in [-0.4, -0.2) is 39.5 Å². The van der Waals surface area contributed by atoms with Gasteiger partial charge >= 0.3 is 0 Å². The summed E-state index contributed by atoms with van der Waals surface area (Å²) in [6, 6.07) is 1.99. The number of rotatable bonds is 5. The molecule has 0 saturated heterocycles. The number of sulfonamides is 1. The molecule has 5 nitrogen and oxygen atoms in total. The van der Waals surface area contributed by atoms with Crippen LogP contribution in [0.25, 0.3) is 0 Å². The van der Waals surface area contributed by atoms with Crippen molar-refractivity contribution in [1.29, 1.82) is 0 Å². The quantitative estimate of drug-likeness (QED) is 0.818. The summed E-state index contributed by atoms with van der Waals surface area (Å²) >= 11 is 2.94. The van der Waals surface area contributed by atoms with Crippen molar-refractivity contribution in [3.8, 4) is 0 Å². The lowest BCUT2D eigenvalue weighted by atomic mass is 10.3. The van der Waals surface area contributed by atoms with Crippen molar-refractivity contribution in [2.75, 3.05) is 26.5 Å². The van der Waals surface area contributed by atoms with Gasteiger partial charge in [-0.15, -0.1) is 0 Å². The molecule has 8 heteroatoms. The Morgan fingerprint density at radius 3 is 2.63 bits per heavy atom. The van der Waals surface area contributed by atoms with Gasteiger partial charge in [0.1, 0.15) is 4.90 Å². The van der Waals surface area contributed by atoms with Crippen molar-refractivity contribution in [2.24, 2.45) is 0 Å². The highest BCUT2D eigenvalue weighted by atomic mass is 79.9. The molecule has 0 aromatic heterocycles. The molecule has 0 radical (unpaired) electrons. The van der Waals surface area contributed by atoms with E-state index in [4.69, 9.17) is 10.5 Å². The third-order valence-electron chi connectivity index (χ3n) is 2.70. The van der Waals surface area contributed by atoms with Crippen LogP contribution in [0.15, 0.2) is 21.5 Å². The highest BCUT2D eigenvalue weighted by Gasteiger charge is 2.29. The Morgan fingerprint density at radius 2 is 2.11 bits per heavy atom. The van der Waals surface area contributed by atoms with E-state index in [-0.39, 0.29) is 16.8 Å². The summed E-state index contributed by atoms with van der Waals surface area (Å²) in [4.78, 5) is -0.454. The Bertz CT molecular complexity index is 565. The van der Waals surface area contributed by atoms with Gasteiger partial charge in [0.05, 0.1) is 11.1 Å². The zero-order valence-electron chi connectivity index (χ0n) is 10.9. The number of ether oxygens (including phenoxy) is 1. The predicted molar refractivity (Wildman–Crippen MR) is 74.8 cm³/mol. The number of methoxy groups -OCH3 is 1. The fraction of sp³-hybridized carbons (Fsp3) is 0.455. The largest absolute Gasteiger partial charge is 0.399 e. The molecule has 0 fully saturated rings. The summed E-state index contributed by atoms with van der Waals surface area (Å²) in [6.07, 6.45) is 0. The maximum atomic E-state index is 13.9. The minimum absolute atomic E-state index is 0.0128. The van der Waals surface area contributed by atoms with Crippen LogP contribution in [0.1, 0.15) is 6.92 Å². The molecular weight excluding hydrogens is 339 g/mol. The first-order valence-electron chi connectivity index (χ1n) is 5.43. The van der Waals surface area contributed by atoms with Crippen LogP contribution in [0.2, 0.25) is 0 Å². The van der Waals surface area contributed by atoms with Gasteiger partial charge in [0.25, 0.3) is 0 Å². The Labute approximate surface area is 120 Å². The summed E-state index contributed by atoms with van der Waals surface area (Å²) in [7, 11) is -1.13. The molecule has 1 rings (SSSR count). The van der Waals surface area contributed by atoms with E-state index in [0.29, 0.717) is 0 Å². The molecule has 0 spiro atoms. The predicted octanol–water partition coefficient (Wildman–Crippen LogP) is 1.83. The highest BCUT2D eigenvalue weighted by molar-refractivity contribution is 9.10. The maximum absolute atomic E-state index is 13.9. The number of nitrogen functional groups attached to an aromatic ring is 1. The fourth-order valence-corrected chi connectivity index (χ4v) is 3.59. The normalized spacial score (nSPS) is 13.8. The third-order valence-corrected chi connectivity index (χ3v) is 5.25. The maximum Gasteiger partial charge on any atom is 0.246 e. The van der Waals surface area contributed by atoms with E-state index in [1.54, 1.807) is 6.92 Å². The molecule has 0 aliphatic carbocycles. The highest BCUT2D eigenvalue weighted by Crippen LogP contribution is 2.28. The van der Waals surface area contributed by atoms with Crippen LogP contribution in [0, 0.1) is 5.82 Å². The number of benzene rings is 1. The second-order valence-corrected chi connectivity index (χ2v) is 6.96. The van der Waals surface area contributed by atoms with Crippen molar-refractivity contribution in [1.82, 2.24) is 4.31 Å². The monoisotopic (exact) mass is 354 g/mol. The summed E-state index contributed by atoms with van der Waals surface area (Å²) in [5.74, 6) is -0.856. The van der Waals surface area contributed by atoms with Gasteiger partial charge in [0.2, 0.25) is 10.0 Å². The second-order valence-electron chi connectivity index (χ2n) is 4.14. The molecule has 1 unspecified atom stereocenters. The van der Waals surface area contributed by atoms with E-state index < -0.39 is 26.8 Å². The van der Waals surface area contributed by atoms with Crippen molar-refractivity contribution in [3.63, 3.8) is 0 Å². The molecule has 19 heavy (non-hydrogen) atoms. The van der Waals surface area contributed by atoms with Crippen molar-refractivity contribution in [3.05, 3.63) is 22.4 Å². The number of likely N-dealkylation sites (N-methyl/N-ethyl adjacent to an activating group) is 1. The van der Waals surface area contributed by atoms with E-state index >= 15 is 0 Å². The summed E-state index contributed by atoms with van der Waals surface area (Å²) in [6.45, 7) is 1.88. The molecule has 2 N–H and O–H groups in total. The van der Waals surface area contributed by atoms with Crippen molar-refractivity contribution < 1.29 is 17.5 Å². The number of hydrogen-bond acceptors (Lipinski definition) is 4. The van der Waals surface area contributed by atoms with Crippen molar-refractivity contribution >= 4 is 31.6 Å². The van der Waals surface area contributed by atoms with Gasteiger partial charge in [-0.2, -0.15) is 4.31 Å². The molecule has 1 atom stereocenters. The van der Waals surface area contributed by atoms with Gasteiger partial charge < -0.3 is 10.5 Å². The van der Waals surface area contributed by atoms with Gasteiger partial charge in [0.15, 0.2) is 5.82 Å². The number of nitrogens with zero attached hydrogens (tertiary/aromatic N) is 1. The van der Waals surface area contributed by atoms with Gasteiger partial charge in [0, 0.05) is 25.9 Å². The topological polar surface area (TPSA) is 72.6 Å². The first kappa shape index (κ1) is 16.4. The Kier molecular flexibility index (Phi) is 5.31. The smallest absolute Gasteiger partial charge is 0.246 e. The molecule has 0 aliphatic rings. The zero-order chi connectivity index (χ0) is 14.8. The minimum atomic E-state index is -3.97. The van der Waals surface area contributed by atoms with Crippen LogP contribution in [0.4, 0.5) is 10.1 Å². The van der Waals surface area contributed by atoms with E-state index in [9.17, 15) is 12.8 Å². The molecule has 1 aromatic carbocycles. The molecule has 1 aromatic rings. The lowest BCUT2D eigenvalue weighted by molar-refractivity contribution is 0.149.